The summed E-state index contributed by atoms with van der Waals surface area (Å²) in [6, 6.07) is 11.8. The molecule has 3 aliphatic heterocycles. The first-order chi connectivity index (χ1) is 39.3. The summed E-state index contributed by atoms with van der Waals surface area (Å²) >= 11 is 0. The summed E-state index contributed by atoms with van der Waals surface area (Å²) in [5.74, 6) is -1.64. The van der Waals surface area contributed by atoms with Crippen molar-refractivity contribution in [2.24, 2.45) is 0 Å². The van der Waals surface area contributed by atoms with Gasteiger partial charge >= 0.3 is 23.9 Å². The first-order valence-electron chi connectivity index (χ1n) is 28.4. The number of carbonyl (C=O) groups excluding carboxylic acids is 4. The summed E-state index contributed by atoms with van der Waals surface area (Å²) in [4.78, 5) is 65.3. The molecule has 20 heteroatoms. The van der Waals surface area contributed by atoms with E-state index < -0.39 is 69.7 Å². The lowest BCUT2D eigenvalue weighted by atomic mass is 9.83. The molecule has 0 spiro atoms. The number of ether oxygens (including phenoxy) is 4. The highest BCUT2D eigenvalue weighted by Crippen LogP contribution is 2.43. The fourth-order valence-electron chi connectivity index (χ4n) is 10.9. The molecule has 0 aliphatic carbocycles. The average molecular weight is 1230 g/mol. The minimum Gasteiger partial charge on any atom is -0.507 e. The van der Waals surface area contributed by atoms with Crippen LogP contribution in [0.4, 0.5) is 0 Å². The van der Waals surface area contributed by atoms with Crippen LogP contribution in [-0.4, -0.2) is 140 Å². The van der Waals surface area contributed by atoms with Gasteiger partial charge in [0.2, 0.25) is 0 Å². The first-order valence-corrected chi connectivity index (χ1v) is 33.4. The maximum Gasteiger partial charge on any atom is 0.323 e. The molecule has 0 aromatic heterocycles. The maximum absolute atomic E-state index is 14.4. The van der Waals surface area contributed by atoms with Crippen LogP contribution in [0.25, 0.3) is 0 Å². The maximum atomic E-state index is 14.4. The largest absolute Gasteiger partial charge is 0.507 e. The Morgan fingerprint density at radius 1 is 0.333 bits per heavy atom. The van der Waals surface area contributed by atoms with Crippen LogP contribution < -0.4 is 0 Å². The van der Waals surface area contributed by atoms with Gasteiger partial charge in [-0.15, -0.1) is 0 Å². The summed E-state index contributed by atoms with van der Waals surface area (Å²) in [5.41, 5.74) is 5.63. The fourth-order valence-corrected chi connectivity index (χ4v) is 15.9. The Hall–Kier alpha value is -4.80. The minimum atomic E-state index is -0.938. The van der Waals surface area contributed by atoms with Gasteiger partial charge in [-0.2, -0.15) is 0 Å². The third kappa shape index (κ3) is 15.7. The van der Waals surface area contributed by atoms with Crippen molar-refractivity contribution in [1.29, 1.82) is 0 Å². The molecule has 3 aliphatic rings. The van der Waals surface area contributed by atoms with E-state index in [2.05, 4.69) is 83.1 Å². The third-order valence-corrected chi connectivity index (χ3v) is 21.0. The quantitative estimate of drug-likeness (QED) is 0.0854. The van der Waals surface area contributed by atoms with E-state index >= 15 is 0 Å². The molecule has 0 amide bonds. The number of benzene rings is 4. The van der Waals surface area contributed by atoms with Gasteiger partial charge < -0.3 is 39.4 Å². The van der Waals surface area contributed by atoms with Gasteiger partial charge in [-0.25, -0.2) is 0 Å². The SMILES string of the molecule is COC(=O)C1CSSCC(C(=O)OC)N2Cc3cc(C(C)(C)C)cc(c3O)CN1Cc1cc(C(C)(C)C)cc(c1O)CN1Cc3cc(C(C)(C)C)cc(c3O)CN(Cc3cc(C(C)(C)C)cc(c3O)C2)[C@H](C(=O)OC)CSSC[C@H]1C(=O)OC. The second kappa shape index (κ2) is 27.1. The minimum absolute atomic E-state index is 0.00740. The summed E-state index contributed by atoms with van der Waals surface area (Å²) in [6.07, 6.45) is 0. The molecule has 4 aromatic rings. The van der Waals surface area contributed by atoms with Crippen LogP contribution in [0.1, 0.15) is 150 Å². The van der Waals surface area contributed by atoms with Gasteiger partial charge in [-0.05, 0) is 43.9 Å². The van der Waals surface area contributed by atoms with Gasteiger partial charge in [0, 0.05) is 120 Å². The second-order valence-corrected chi connectivity index (χ2v) is 31.6. The number of nitrogens with zero attached hydrogens (tertiary/aromatic N) is 4. The van der Waals surface area contributed by atoms with E-state index in [1.807, 2.05) is 68.1 Å². The Morgan fingerprint density at radius 2 is 0.476 bits per heavy atom. The number of phenols is 4. The van der Waals surface area contributed by atoms with Crippen LogP contribution in [-0.2, 0) is 112 Å². The number of fused-ring (bicyclic) bond motifs is 8. The normalized spacial score (nSPS) is 23.3. The van der Waals surface area contributed by atoms with E-state index in [9.17, 15) is 39.6 Å². The molecule has 7 rings (SSSR count). The van der Waals surface area contributed by atoms with Gasteiger partial charge in [0.25, 0.3) is 0 Å². The summed E-state index contributed by atoms with van der Waals surface area (Å²) < 4.78 is 22.3. The molecule has 6 unspecified atom stereocenters. The summed E-state index contributed by atoms with van der Waals surface area (Å²) in [7, 11) is 10.9. The number of methoxy groups -OCH3 is 4. The highest BCUT2D eigenvalue weighted by atomic mass is 33.1. The molecule has 16 nitrogen and oxygen atoms in total. The zero-order chi connectivity index (χ0) is 62.0. The number of hydrogen-bond donors (Lipinski definition) is 4. The number of carbonyl (C=O) groups is 4. The molecule has 0 saturated carbocycles. The Balaban J connectivity index is 1.63. The number of rotatable bonds is 4. The Bertz CT molecular complexity index is 2710. The van der Waals surface area contributed by atoms with Crippen LogP contribution in [0, 0.1) is 0 Å². The molecule has 0 radical (unpaired) electrons. The molecule has 3 heterocycles. The van der Waals surface area contributed by atoms with Crippen molar-refractivity contribution in [3.8, 4) is 23.0 Å². The molecular formula is C64H88N4O12S4. The Morgan fingerprint density at radius 3 is 0.595 bits per heavy atom. The zero-order valence-corrected chi connectivity index (χ0v) is 55.2. The van der Waals surface area contributed by atoms with Crippen LogP contribution in [0.2, 0.25) is 0 Å². The summed E-state index contributed by atoms with van der Waals surface area (Å²) in [5, 5.41) is 51.5. The van der Waals surface area contributed by atoms with Gasteiger partial charge in [-0.1, -0.05) is 175 Å². The molecule has 84 heavy (non-hydrogen) atoms. The van der Waals surface area contributed by atoms with E-state index in [1.165, 1.54) is 71.6 Å². The molecule has 8 atom stereocenters. The van der Waals surface area contributed by atoms with E-state index in [0.29, 0.717) is 44.5 Å². The summed E-state index contributed by atoms with van der Waals surface area (Å²) in [6.45, 7) is 25.1. The fraction of sp³-hybridized carbons (Fsp3) is 0.562. The van der Waals surface area contributed by atoms with E-state index in [4.69, 9.17) is 18.9 Å². The number of hydrogen-bond acceptors (Lipinski definition) is 20. The van der Waals surface area contributed by atoms with Gasteiger partial charge in [0.15, 0.2) is 0 Å². The molecule has 4 N–H and O–H groups in total. The first kappa shape index (κ1) is 66.7. The average Bonchev–Trinajstić information content (AvgIpc) is 1.71. The van der Waals surface area contributed by atoms with Crippen molar-refractivity contribution in [3.63, 3.8) is 0 Å². The van der Waals surface area contributed by atoms with E-state index in [1.54, 1.807) is 0 Å². The number of aromatic hydroxyl groups is 4. The third-order valence-electron chi connectivity index (χ3n) is 16.2. The standard InChI is InChI=1S/C64H88N4O12S4/c1-61(2,3)45-17-37-25-65-29-41-21-47(63(7,8)9)23-43(55(41)71)31-67-27-39-19-46(62(4,5)6)20-40(54(39)70)28-68(52(60(76)80-16)36-84-83-35-51(67)59(75)79-15)32-44-24-48(64(10,11)12)22-42(56(44)72)30-66(26-38(18-45)53(37)69)50(58(74)78-14)34-82-81-33-49(65)57(73)77-13/h17-24,49-52,69-72H,25-36H2,1-16H3/t49-,50-,51?,52?/m0/s1. The van der Waals surface area contributed by atoms with Gasteiger partial charge in [0.1, 0.15) is 47.2 Å². The van der Waals surface area contributed by atoms with Crippen LogP contribution in [0.15, 0.2) is 48.5 Å². The smallest absolute Gasteiger partial charge is 0.323 e. The molecule has 460 valence electrons. The van der Waals surface area contributed by atoms with Crippen molar-refractivity contribution in [2.75, 3.05) is 51.5 Å². The predicted octanol–water partition coefficient (Wildman–Crippen LogP) is 11.0. The number of esters is 4. The van der Waals surface area contributed by atoms with Crippen molar-refractivity contribution in [1.82, 2.24) is 19.6 Å². The lowest BCUT2D eigenvalue weighted by Crippen LogP contribution is -2.44. The highest BCUT2D eigenvalue weighted by molar-refractivity contribution is 8.77. The van der Waals surface area contributed by atoms with Crippen molar-refractivity contribution < 1.29 is 58.6 Å². The monoisotopic (exact) mass is 1230 g/mol. The number of phenolic OH excluding ortho intramolecular Hbond substituents is 4. The van der Waals surface area contributed by atoms with Crippen LogP contribution in [0.5, 0.6) is 23.0 Å². The lowest BCUT2D eigenvalue weighted by Gasteiger charge is -2.34. The molecule has 0 fully saturated rings. The van der Waals surface area contributed by atoms with Crippen LogP contribution in [0.3, 0.4) is 0 Å². The Labute approximate surface area is 513 Å². The molecule has 0 saturated heterocycles. The zero-order valence-electron chi connectivity index (χ0n) is 51.9. The molecule has 4 aromatic carbocycles. The van der Waals surface area contributed by atoms with Crippen molar-refractivity contribution in [2.45, 2.75) is 181 Å². The van der Waals surface area contributed by atoms with Crippen molar-refractivity contribution >= 4 is 67.1 Å². The van der Waals surface area contributed by atoms with Gasteiger partial charge in [0.05, 0.1) is 28.4 Å². The lowest BCUT2D eigenvalue weighted by molar-refractivity contribution is -0.147. The second-order valence-electron chi connectivity index (χ2n) is 26.5. The van der Waals surface area contributed by atoms with E-state index in [0.717, 1.165) is 22.3 Å². The van der Waals surface area contributed by atoms with E-state index in [-0.39, 0.29) is 98.4 Å². The topological polar surface area (TPSA) is 199 Å². The predicted molar refractivity (Wildman–Crippen MR) is 337 cm³/mol. The highest BCUT2D eigenvalue weighted by Gasteiger charge is 2.38. The van der Waals surface area contributed by atoms with Crippen molar-refractivity contribution in [3.05, 3.63) is 115 Å². The van der Waals surface area contributed by atoms with Gasteiger partial charge in [-0.3, -0.25) is 38.8 Å². The molecule has 12 bridgehead atoms. The van der Waals surface area contributed by atoms with Crippen LogP contribution >= 0.6 is 43.2 Å². The Kier molecular flexibility index (Phi) is 21.5. The molecular weight excluding hydrogens is 1140 g/mol.